The highest BCUT2D eigenvalue weighted by molar-refractivity contribution is 6.31. The van der Waals surface area contributed by atoms with Gasteiger partial charge in [0.05, 0.1) is 12.1 Å². The topological polar surface area (TPSA) is 41.6 Å². The van der Waals surface area contributed by atoms with Crippen LogP contribution in [-0.2, 0) is 0 Å². The van der Waals surface area contributed by atoms with E-state index < -0.39 is 0 Å². The van der Waals surface area contributed by atoms with Gasteiger partial charge in [0.2, 0.25) is 0 Å². The van der Waals surface area contributed by atoms with Crippen LogP contribution in [0.1, 0.15) is 39.0 Å². The van der Waals surface area contributed by atoms with Gasteiger partial charge in [0.15, 0.2) is 5.96 Å². The summed E-state index contributed by atoms with van der Waals surface area (Å²) in [5, 5.41) is 0.749. The lowest BCUT2D eigenvalue weighted by atomic mass is 9.88. The molecular formula is C16H22ClN3. The number of benzene rings is 1. The number of halogens is 1. The van der Waals surface area contributed by atoms with Crippen molar-refractivity contribution in [1.29, 1.82) is 0 Å². The summed E-state index contributed by atoms with van der Waals surface area (Å²) in [6.45, 7) is 3.17. The van der Waals surface area contributed by atoms with E-state index in [-0.39, 0.29) is 5.54 Å². The predicted octanol–water partition coefficient (Wildman–Crippen LogP) is 3.81. The van der Waals surface area contributed by atoms with Gasteiger partial charge in [0.25, 0.3) is 0 Å². The second-order valence-electron chi connectivity index (χ2n) is 6.25. The fraction of sp³-hybridized carbons (Fsp3) is 0.562. The molecule has 0 bridgehead atoms. The van der Waals surface area contributed by atoms with Crippen molar-refractivity contribution in [3.63, 3.8) is 0 Å². The highest BCUT2D eigenvalue weighted by Crippen LogP contribution is 2.40. The Balaban J connectivity index is 1.95. The number of rotatable bonds is 1. The number of hydrogen-bond acceptors (Lipinski definition) is 3. The summed E-state index contributed by atoms with van der Waals surface area (Å²) in [7, 11) is 0. The molecule has 1 fully saturated rings. The Morgan fingerprint density at radius 1 is 1.35 bits per heavy atom. The van der Waals surface area contributed by atoms with Crippen molar-refractivity contribution in [2.75, 3.05) is 11.4 Å². The number of aliphatic imine (C=N–C) groups is 1. The van der Waals surface area contributed by atoms with Gasteiger partial charge >= 0.3 is 0 Å². The Bertz CT molecular complexity index is 528. The summed E-state index contributed by atoms with van der Waals surface area (Å²) in [5.41, 5.74) is 7.33. The molecule has 2 atom stereocenters. The first-order chi connectivity index (χ1) is 9.61. The Labute approximate surface area is 125 Å². The lowest BCUT2D eigenvalue weighted by Gasteiger charge is -2.39. The van der Waals surface area contributed by atoms with E-state index in [1.54, 1.807) is 0 Å². The molecule has 1 spiro atoms. The summed E-state index contributed by atoms with van der Waals surface area (Å²) < 4.78 is 0. The molecule has 3 rings (SSSR count). The first-order valence-electron chi connectivity index (χ1n) is 7.46. The van der Waals surface area contributed by atoms with E-state index in [4.69, 9.17) is 17.3 Å². The summed E-state index contributed by atoms with van der Waals surface area (Å²) >= 11 is 6.15. The van der Waals surface area contributed by atoms with E-state index in [0.29, 0.717) is 5.96 Å². The van der Waals surface area contributed by atoms with Gasteiger partial charge in [-0.2, -0.15) is 0 Å². The Morgan fingerprint density at radius 2 is 2.20 bits per heavy atom. The molecule has 0 amide bonds. The third-order valence-electron chi connectivity index (χ3n) is 4.75. The highest BCUT2D eigenvalue weighted by Gasteiger charge is 2.43. The molecule has 0 saturated heterocycles. The van der Waals surface area contributed by atoms with Gasteiger partial charge in [0, 0.05) is 10.7 Å². The van der Waals surface area contributed by atoms with Gasteiger partial charge in [0.1, 0.15) is 0 Å². The summed E-state index contributed by atoms with van der Waals surface area (Å²) in [4.78, 5) is 6.78. The van der Waals surface area contributed by atoms with Gasteiger partial charge in [-0.1, -0.05) is 37.4 Å². The molecule has 2 N–H and O–H groups in total. The van der Waals surface area contributed by atoms with Crippen LogP contribution in [0.4, 0.5) is 5.69 Å². The van der Waals surface area contributed by atoms with Crippen molar-refractivity contribution < 1.29 is 0 Å². The minimum atomic E-state index is 0.0690. The van der Waals surface area contributed by atoms with Crippen LogP contribution < -0.4 is 10.6 Å². The maximum Gasteiger partial charge on any atom is 0.196 e. The maximum atomic E-state index is 6.19. The zero-order valence-corrected chi connectivity index (χ0v) is 12.7. The Morgan fingerprint density at radius 3 is 3.00 bits per heavy atom. The van der Waals surface area contributed by atoms with Crippen LogP contribution in [0.5, 0.6) is 0 Å². The Kier molecular flexibility index (Phi) is 3.63. The molecule has 4 heteroatoms. The van der Waals surface area contributed by atoms with Gasteiger partial charge in [-0.15, -0.1) is 0 Å². The molecule has 1 aromatic rings. The molecule has 0 radical (unpaired) electrons. The number of anilines is 1. The average molecular weight is 292 g/mol. The highest BCUT2D eigenvalue weighted by atomic mass is 35.5. The van der Waals surface area contributed by atoms with Gasteiger partial charge in [-0.05, 0) is 43.4 Å². The SMILES string of the molecule is CC1CCCC2(CC1)CN=C(N)N2c1cccc(Cl)c1. The van der Waals surface area contributed by atoms with Crippen LogP contribution in [0.3, 0.4) is 0 Å². The van der Waals surface area contributed by atoms with Crippen molar-refractivity contribution in [2.45, 2.75) is 44.6 Å². The first-order valence-corrected chi connectivity index (χ1v) is 7.84. The number of hydrogen-bond donors (Lipinski definition) is 1. The number of guanidine groups is 1. The molecule has 20 heavy (non-hydrogen) atoms. The van der Waals surface area contributed by atoms with Crippen LogP contribution >= 0.6 is 11.6 Å². The smallest absolute Gasteiger partial charge is 0.196 e. The van der Waals surface area contributed by atoms with E-state index in [1.807, 2.05) is 18.2 Å². The van der Waals surface area contributed by atoms with E-state index >= 15 is 0 Å². The molecule has 2 aliphatic rings. The van der Waals surface area contributed by atoms with Crippen LogP contribution in [0.25, 0.3) is 0 Å². The fourth-order valence-electron chi connectivity index (χ4n) is 3.58. The molecule has 0 aromatic heterocycles. The molecule has 1 saturated carbocycles. The molecule has 3 nitrogen and oxygen atoms in total. The van der Waals surface area contributed by atoms with Crippen LogP contribution in [-0.4, -0.2) is 18.0 Å². The second-order valence-corrected chi connectivity index (χ2v) is 6.69. The summed E-state index contributed by atoms with van der Waals surface area (Å²) in [6, 6.07) is 7.95. The van der Waals surface area contributed by atoms with Gasteiger partial charge in [-0.25, -0.2) is 0 Å². The van der Waals surface area contributed by atoms with Crippen molar-refractivity contribution >= 4 is 23.2 Å². The third-order valence-corrected chi connectivity index (χ3v) is 4.98. The number of nitrogens with zero attached hydrogens (tertiary/aromatic N) is 2. The fourth-order valence-corrected chi connectivity index (χ4v) is 3.76. The van der Waals surface area contributed by atoms with Crippen LogP contribution in [0, 0.1) is 5.92 Å². The van der Waals surface area contributed by atoms with E-state index in [0.717, 1.165) is 36.0 Å². The van der Waals surface area contributed by atoms with Crippen LogP contribution in [0.15, 0.2) is 29.3 Å². The third kappa shape index (κ3) is 2.39. The molecule has 1 aromatic carbocycles. The monoisotopic (exact) mass is 291 g/mol. The zero-order valence-electron chi connectivity index (χ0n) is 12.0. The predicted molar refractivity (Wildman–Crippen MR) is 85.4 cm³/mol. The standard InChI is InChI=1S/C16H22ClN3/c1-12-4-3-8-16(9-7-12)11-19-15(18)20(16)14-6-2-5-13(17)10-14/h2,5-6,10,12H,3-4,7-9,11H2,1H3,(H2,18,19). The quantitative estimate of drug-likeness (QED) is 0.855. The maximum absolute atomic E-state index is 6.19. The van der Waals surface area contributed by atoms with Crippen molar-refractivity contribution in [3.05, 3.63) is 29.3 Å². The Hall–Kier alpha value is -1.22. The molecular weight excluding hydrogens is 270 g/mol. The zero-order chi connectivity index (χ0) is 14.2. The van der Waals surface area contributed by atoms with Crippen molar-refractivity contribution in [2.24, 2.45) is 16.6 Å². The lowest BCUT2D eigenvalue weighted by Crippen LogP contribution is -2.51. The second kappa shape index (κ2) is 5.28. The minimum absolute atomic E-state index is 0.0690. The van der Waals surface area contributed by atoms with Crippen molar-refractivity contribution in [1.82, 2.24) is 0 Å². The van der Waals surface area contributed by atoms with Crippen molar-refractivity contribution in [3.8, 4) is 0 Å². The molecule has 1 aliphatic carbocycles. The lowest BCUT2D eigenvalue weighted by molar-refractivity contribution is 0.392. The molecule has 1 heterocycles. The van der Waals surface area contributed by atoms with Gasteiger partial charge in [-0.3, -0.25) is 4.99 Å². The van der Waals surface area contributed by atoms with Gasteiger partial charge < -0.3 is 10.6 Å². The normalized spacial score (nSPS) is 30.4. The minimum Gasteiger partial charge on any atom is -0.369 e. The molecule has 108 valence electrons. The molecule has 2 unspecified atom stereocenters. The summed E-state index contributed by atoms with van der Waals surface area (Å²) in [5.74, 6) is 1.44. The van der Waals surface area contributed by atoms with E-state index in [2.05, 4.69) is 22.9 Å². The van der Waals surface area contributed by atoms with E-state index in [9.17, 15) is 0 Å². The summed E-state index contributed by atoms with van der Waals surface area (Å²) in [6.07, 6.45) is 6.13. The largest absolute Gasteiger partial charge is 0.369 e. The van der Waals surface area contributed by atoms with Crippen LogP contribution in [0.2, 0.25) is 5.02 Å². The molecule has 1 aliphatic heterocycles. The van der Waals surface area contributed by atoms with E-state index in [1.165, 1.54) is 19.3 Å². The number of nitrogens with two attached hydrogens (primary N) is 1. The first kappa shape index (κ1) is 13.7. The average Bonchev–Trinajstić information content (AvgIpc) is 2.61.